The zero-order chi connectivity index (χ0) is 15.9. The summed E-state index contributed by atoms with van der Waals surface area (Å²) in [4.78, 5) is 14.8. The van der Waals surface area contributed by atoms with Gasteiger partial charge in [0.25, 0.3) is 0 Å². The standard InChI is InChI=1S/C19H26N2O2/c1-14-2-3-15(13-21-6-8-23-9-7-21)10-17(14)20-18(22)16-11-19(12-16)4-5-19/h2-3,10,16H,4-9,11-13H2,1H3,(H,20,22). The predicted molar refractivity (Wildman–Crippen MR) is 90.3 cm³/mol. The van der Waals surface area contributed by atoms with Gasteiger partial charge in [0, 0.05) is 31.2 Å². The van der Waals surface area contributed by atoms with E-state index in [1.165, 1.54) is 18.4 Å². The molecule has 0 radical (unpaired) electrons. The van der Waals surface area contributed by atoms with E-state index in [-0.39, 0.29) is 11.8 Å². The van der Waals surface area contributed by atoms with E-state index in [0.29, 0.717) is 5.41 Å². The molecular weight excluding hydrogens is 288 g/mol. The van der Waals surface area contributed by atoms with Crippen molar-refractivity contribution in [3.63, 3.8) is 0 Å². The Bertz CT molecular complexity index is 595. The van der Waals surface area contributed by atoms with Crippen molar-refractivity contribution in [1.82, 2.24) is 4.90 Å². The van der Waals surface area contributed by atoms with Crippen LogP contribution in [-0.2, 0) is 16.1 Å². The third-order valence-electron chi connectivity index (χ3n) is 5.76. The predicted octanol–water partition coefficient (Wildman–Crippen LogP) is 2.96. The number of morpholine rings is 1. The molecule has 1 spiro atoms. The van der Waals surface area contributed by atoms with Crippen molar-refractivity contribution >= 4 is 11.6 Å². The van der Waals surface area contributed by atoms with E-state index in [9.17, 15) is 4.79 Å². The van der Waals surface area contributed by atoms with E-state index < -0.39 is 0 Å². The number of carbonyl (C=O) groups is 1. The third kappa shape index (κ3) is 3.29. The number of anilines is 1. The van der Waals surface area contributed by atoms with Crippen LogP contribution in [0.1, 0.15) is 36.8 Å². The highest BCUT2D eigenvalue weighted by molar-refractivity contribution is 5.94. The zero-order valence-electron chi connectivity index (χ0n) is 13.9. The second-order valence-electron chi connectivity index (χ2n) is 7.63. The van der Waals surface area contributed by atoms with Gasteiger partial charge in [-0.25, -0.2) is 0 Å². The number of benzene rings is 1. The zero-order valence-corrected chi connectivity index (χ0v) is 13.9. The highest BCUT2D eigenvalue weighted by atomic mass is 16.5. The van der Waals surface area contributed by atoms with Crippen LogP contribution >= 0.6 is 0 Å². The lowest BCUT2D eigenvalue weighted by Gasteiger charge is -2.34. The molecule has 4 heteroatoms. The number of aryl methyl sites for hydroxylation is 1. The van der Waals surface area contributed by atoms with E-state index in [2.05, 4.69) is 35.3 Å². The SMILES string of the molecule is Cc1ccc(CN2CCOCC2)cc1NC(=O)C1CC2(CC2)C1. The maximum Gasteiger partial charge on any atom is 0.227 e. The van der Waals surface area contributed by atoms with Gasteiger partial charge >= 0.3 is 0 Å². The second kappa shape index (κ2) is 5.91. The molecule has 3 fully saturated rings. The molecule has 1 aromatic carbocycles. The monoisotopic (exact) mass is 314 g/mol. The third-order valence-corrected chi connectivity index (χ3v) is 5.76. The van der Waals surface area contributed by atoms with E-state index in [0.717, 1.165) is 56.9 Å². The molecule has 3 aliphatic rings. The molecule has 2 saturated carbocycles. The number of nitrogens with one attached hydrogen (secondary N) is 1. The van der Waals surface area contributed by atoms with Crippen LogP contribution in [0, 0.1) is 18.3 Å². The minimum absolute atomic E-state index is 0.217. The summed E-state index contributed by atoms with van der Waals surface area (Å²) in [5.41, 5.74) is 3.97. The Morgan fingerprint density at radius 1 is 1.30 bits per heavy atom. The molecule has 1 aromatic rings. The van der Waals surface area contributed by atoms with Crippen molar-refractivity contribution in [2.24, 2.45) is 11.3 Å². The molecule has 1 aliphatic heterocycles. The Labute approximate surface area is 138 Å². The van der Waals surface area contributed by atoms with Crippen molar-refractivity contribution in [2.45, 2.75) is 39.2 Å². The summed E-state index contributed by atoms with van der Waals surface area (Å²) in [5, 5.41) is 3.17. The molecule has 0 bridgehead atoms. The molecular formula is C19H26N2O2. The van der Waals surface area contributed by atoms with Crippen molar-refractivity contribution in [3.05, 3.63) is 29.3 Å². The highest BCUT2D eigenvalue weighted by Gasteiger charge is 2.54. The van der Waals surface area contributed by atoms with Gasteiger partial charge < -0.3 is 10.1 Å². The lowest BCUT2D eigenvalue weighted by atomic mass is 9.71. The smallest absolute Gasteiger partial charge is 0.227 e. The van der Waals surface area contributed by atoms with Crippen LogP contribution in [-0.4, -0.2) is 37.1 Å². The quantitative estimate of drug-likeness (QED) is 0.929. The lowest BCUT2D eigenvalue weighted by Crippen LogP contribution is -2.36. The molecule has 0 atom stereocenters. The summed E-state index contributed by atoms with van der Waals surface area (Å²) in [6, 6.07) is 6.44. The maximum atomic E-state index is 12.4. The van der Waals surface area contributed by atoms with Crippen LogP contribution in [0.2, 0.25) is 0 Å². The van der Waals surface area contributed by atoms with Crippen LogP contribution in [0.3, 0.4) is 0 Å². The van der Waals surface area contributed by atoms with Crippen LogP contribution in [0.25, 0.3) is 0 Å². The molecule has 4 rings (SSSR count). The van der Waals surface area contributed by atoms with Gasteiger partial charge in [-0.05, 0) is 55.2 Å². The van der Waals surface area contributed by atoms with Crippen LogP contribution < -0.4 is 5.32 Å². The highest BCUT2D eigenvalue weighted by Crippen LogP contribution is 2.63. The van der Waals surface area contributed by atoms with Gasteiger partial charge in [0.05, 0.1) is 13.2 Å². The number of amides is 1. The van der Waals surface area contributed by atoms with Crippen molar-refractivity contribution in [2.75, 3.05) is 31.6 Å². The molecule has 4 nitrogen and oxygen atoms in total. The van der Waals surface area contributed by atoms with Crippen molar-refractivity contribution in [1.29, 1.82) is 0 Å². The summed E-state index contributed by atoms with van der Waals surface area (Å²) in [6.45, 7) is 6.60. The molecule has 124 valence electrons. The molecule has 1 N–H and O–H groups in total. The molecule has 2 aliphatic carbocycles. The first kappa shape index (κ1) is 15.2. The van der Waals surface area contributed by atoms with E-state index >= 15 is 0 Å². The van der Waals surface area contributed by atoms with Gasteiger partial charge in [0.1, 0.15) is 0 Å². The van der Waals surface area contributed by atoms with Crippen LogP contribution in [0.15, 0.2) is 18.2 Å². The largest absolute Gasteiger partial charge is 0.379 e. The summed E-state index contributed by atoms with van der Waals surface area (Å²) in [6.07, 6.45) is 4.88. The Kier molecular flexibility index (Phi) is 3.90. The molecule has 1 saturated heterocycles. The summed E-state index contributed by atoms with van der Waals surface area (Å²) >= 11 is 0. The van der Waals surface area contributed by atoms with Crippen LogP contribution in [0.5, 0.6) is 0 Å². The van der Waals surface area contributed by atoms with Crippen LogP contribution in [0.4, 0.5) is 5.69 Å². The average molecular weight is 314 g/mol. The van der Waals surface area contributed by atoms with E-state index in [4.69, 9.17) is 4.74 Å². The van der Waals surface area contributed by atoms with E-state index in [1.54, 1.807) is 0 Å². The Morgan fingerprint density at radius 3 is 2.74 bits per heavy atom. The first-order valence-corrected chi connectivity index (χ1v) is 8.84. The molecule has 0 unspecified atom stereocenters. The number of carbonyl (C=O) groups excluding carboxylic acids is 1. The number of hydrogen-bond acceptors (Lipinski definition) is 3. The fourth-order valence-electron chi connectivity index (χ4n) is 3.91. The number of ether oxygens (including phenoxy) is 1. The van der Waals surface area contributed by atoms with Gasteiger partial charge in [0.2, 0.25) is 5.91 Å². The Balaban J connectivity index is 1.38. The maximum absolute atomic E-state index is 12.4. The fraction of sp³-hybridized carbons (Fsp3) is 0.632. The number of hydrogen-bond donors (Lipinski definition) is 1. The Morgan fingerprint density at radius 2 is 2.04 bits per heavy atom. The van der Waals surface area contributed by atoms with Gasteiger partial charge in [-0.3, -0.25) is 9.69 Å². The van der Waals surface area contributed by atoms with Crippen molar-refractivity contribution < 1.29 is 9.53 Å². The number of rotatable bonds is 4. The van der Waals surface area contributed by atoms with Gasteiger partial charge in [-0.1, -0.05) is 12.1 Å². The normalized spacial score (nSPS) is 23.5. The minimum atomic E-state index is 0.217. The molecule has 0 aromatic heterocycles. The van der Waals surface area contributed by atoms with Crippen molar-refractivity contribution in [3.8, 4) is 0 Å². The minimum Gasteiger partial charge on any atom is -0.379 e. The fourth-order valence-corrected chi connectivity index (χ4v) is 3.91. The summed E-state index contributed by atoms with van der Waals surface area (Å²) in [7, 11) is 0. The topological polar surface area (TPSA) is 41.6 Å². The molecule has 1 heterocycles. The average Bonchev–Trinajstić information content (AvgIpc) is 3.31. The summed E-state index contributed by atoms with van der Waals surface area (Å²) < 4.78 is 5.40. The van der Waals surface area contributed by atoms with E-state index in [1.807, 2.05) is 0 Å². The summed E-state index contributed by atoms with van der Waals surface area (Å²) in [5.74, 6) is 0.453. The number of nitrogens with zero attached hydrogens (tertiary/aromatic N) is 1. The van der Waals surface area contributed by atoms with Gasteiger partial charge in [-0.15, -0.1) is 0 Å². The first-order valence-electron chi connectivity index (χ1n) is 8.84. The van der Waals surface area contributed by atoms with Gasteiger partial charge in [0.15, 0.2) is 0 Å². The second-order valence-corrected chi connectivity index (χ2v) is 7.63. The van der Waals surface area contributed by atoms with Gasteiger partial charge in [-0.2, -0.15) is 0 Å². The lowest BCUT2D eigenvalue weighted by molar-refractivity contribution is -0.124. The Hall–Kier alpha value is -1.39. The molecule has 1 amide bonds. The first-order chi connectivity index (χ1) is 11.1. The molecule has 23 heavy (non-hydrogen) atoms.